The van der Waals surface area contributed by atoms with Crippen LogP contribution in [0.25, 0.3) is 0 Å². The zero-order valence-corrected chi connectivity index (χ0v) is 11.4. The van der Waals surface area contributed by atoms with Gasteiger partial charge in [-0.05, 0) is 25.2 Å². The molecule has 6 heteroatoms. The highest BCUT2D eigenvalue weighted by Crippen LogP contribution is 2.22. The smallest absolute Gasteiger partial charge is 0.358 e. The van der Waals surface area contributed by atoms with E-state index >= 15 is 0 Å². The topological polar surface area (TPSA) is 80.0 Å². The highest BCUT2D eigenvalue weighted by Gasteiger charge is 2.15. The fraction of sp³-hybridized carbons (Fsp3) is 0.769. The standard InChI is InChI=1S/C13H22N4O2/c1-10-3-2-4-11(6-5-10)14-7-8-17-9-12(13(18)19)15-16-17/h9-11,14H,2-8H2,1H3,(H,18,19). The van der Waals surface area contributed by atoms with Gasteiger partial charge in [0.1, 0.15) is 0 Å². The molecule has 1 aromatic rings. The summed E-state index contributed by atoms with van der Waals surface area (Å²) in [6, 6.07) is 0.590. The lowest BCUT2D eigenvalue weighted by Gasteiger charge is -2.16. The van der Waals surface area contributed by atoms with E-state index in [0.29, 0.717) is 12.6 Å². The summed E-state index contributed by atoms with van der Waals surface area (Å²) >= 11 is 0. The highest BCUT2D eigenvalue weighted by molar-refractivity contribution is 5.84. The molecule has 2 unspecified atom stereocenters. The van der Waals surface area contributed by atoms with Gasteiger partial charge in [0.05, 0.1) is 12.7 Å². The zero-order chi connectivity index (χ0) is 13.7. The maximum absolute atomic E-state index is 10.7. The molecule has 6 nitrogen and oxygen atoms in total. The molecule has 1 aliphatic carbocycles. The van der Waals surface area contributed by atoms with Crippen LogP contribution in [-0.2, 0) is 6.54 Å². The molecular weight excluding hydrogens is 244 g/mol. The summed E-state index contributed by atoms with van der Waals surface area (Å²) in [4.78, 5) is 10.7. The van der Waals surface area contributed by atoms with E-state index in [2.05, 4.69) is 22.6 Å². The van der Waals surface area contributed by atoms with E-state index in [1.54, 1.807) is 4.68 Å². The zero-order valence-electron chi connectivity index (χ0n) is 11.4. The van der Waals surface area contributed by atoms with E-state index in [1.165, 1.54) is 38.3 Å². The van der Waals surface area contributed by atoms with Crippen molar-refractivity contribution in [1.82, 2.24) is 20.3 Å². The predicted molar refractivity (Wildman–Crippen MR) is 71.0 cm³/mol. The summed E-state index contributed by atoms with van der Waals surface area (Å²) in [5.74, 6) is -0.183. The van der Waals surface area contributed by atoms with Crippen molar-refractivity contribution in [3.8, 4) is 0 Å². The first-order valence-corrected chi connectivity index (χ1v) is 7.02. The van der Waals surface area contributed by atoms with Crippen LogP contribution < -0.4 is 5.32 Å². The Bertz CT molecular complexity index is 419. The fourth-order valence-electron chi connectivity index (χ4n) is 2.58. The first-order chi connectivity index (χ1) is 9.15. The number of nitrogens with zero attached hydrogens (tertiary/aromatic N) is 3. The van der Waals surface area contributed by atoms with Gasteiger partial charge < -0.3 is 10.4 Å². The monoisotopic (exact) mass is 266 g/mol. The largest absolute Gasteiger partial charge is 0.476 e. The van der Waals surface area contributed by atoms with Crippen molar-refractivity contribution in [2.24, 2.45) is 5.92 Å². The minimum atomic E-state index is -1.03. The van der Waals surface area contributed by atoms with Gasteiger partial charge >= 0.3 is 5.97 Å². The van der Waals surface area contributed by atoms with Crippen molar-refractivity contribution >= 4 is 5.97 Å². The van der Waals surface area contributed by atoms with Crippen LogP contribution in [0, 0.1) is 5.92 Å². The van der Waals surface area contributed by atoms with Crippen LogP contribution >= 0.6 is 0 Å². The number of nitrogens with one attached hydrogen (secondary N) is 1. The minimum absolute atomic E-state index is 0.00305. The van der Waals surface area contributed by atoms with Crippen LogP contribution in [0.3, 0.4) is 0 Å². The second-order valence-electron chi connectivity index (χ2n) is 5.44. The van der Waals surface area contributed by atoms with Gasteiger partial charge in [0, 0.05) is 12.6 Å². The molecular formula is C13H22N4O2. The van der Waals surface area contributed by atoms with Gasteiger partial charge in [-0.25, -0.2) is 4.79 Å². The van der Waals surface area contributed by atoms with E-state index in [9.17, 15) is 4.79 Å². The van der Waals surface area contributed by atoms with Gasteiger partial charge in [-0.2, -0.15) is 0 Å². The second kappa shape index (κ2) is 6.65. The normalized spacial score (nSPS) is 24.1. The van der Waals surface area contributed by atoms with Crippen molar-refractivity contribution in [1.29, 1.82) is 0 Å². The molecule has 1 saturated carbocycles. The van der Waals surface area contributed by atoms with Crippen LogP contribution in [0.2, 0.25) is 0 Å². The van der Waals surface area contributed by atoms with E-state index in [-0.39, 0.29) is 5.69 Å². The van der Waals surface area contributed by atoms with Gasteiger partial charge in [0.25, 0.3) is 0 Å². The van der Waals surface area contributed by atoms with Crippen LogP contribution in [0.1, 0.15) is 49.5 Å². The van der Waals surface area contributed by atoms with E-state index < -0.39 is 5.97 Å². The van der Waals surface area contributed by atoms with Crippen molar-refractivity contribution in [3.05, 3.63) is 11.9 Å². The SMILES string of the molecule is CC1CCCC(NCCn2cc(C(=O)O)nn2)CC1. The molecule has 2 rings (SSSR count). The van der Waals surface area contributed by atoms with Crippen molar-refractivity contribution < 1.29 is 9.90 Å². The van der Waals surface area contributed by atoms with Crippen molar-refractivity contribution in [2.45, 2.75) is 51.6 Å². The average molecular weight is 266 g/mol. The van der Waals surface area contributed by atoms with Gasteiger partial charge in [0.15, 0.2) is 5.69 Å². The maximum atomic E-state index is 10.7. The Kier molecular flexibility index (Phi) is 4.90. The molecule has 2 N–H and O–H groups in total. The number of aromatic carboxylic acids is 1. The van der Waals surface area contributed by atoms with Crippen LogP contribution in [0.15, 0.2) is 6.20 Å². The van der Waals surface area contributed by atoms with Gasteiger partial charge in [0.2, 0.25) is 0 Å². The molecule has 0 aromatic carbocycles. The molecule has 0 bridgehead atoms. The maximum Gasteiger partial charge on any atom is 0.358 e. The number of aromatic nitrogens is 3. The van der Waals surface area contributed by atoms with Gasteiger partial charge in [-0.1, -0.05) is 25.0 Å². The summed E-state index contributed by atoms with van der Waals surface area (Å²) in [5.41, 5.74) is 0.00305. The quantitative estimate of drug-likeness (QED) is 0.790. The Balaban J connectivity index is 1.72. The molecule has 2 atom stereocenters. The molecule has 19 heavy (non-hydrogen) atoms. The highest BCUT2D eigenvalue weighted by atomic mass is 16.4. The molecule has 1 aliphatic rings. The lowest BCUT2D eigenvalue weighted by molar-refractivity contribution is 0.0690. The molecule has 1 heterocycles. The van der Waals surface area contributed by atoms with Gasteiger partial charge in [-0.15, -0.1) is 5.10 Å². The summed E-state index contributed by atoms with van der Waals surface area (Å²) in [7, 11) is 0. The number of carbonyl (C=O) groups is 1. The Labute approximate surface area is 113 Å². The number of rotatable bonds is 5. The molecule has 0 spiro atoms. The van der Waals surface area contributed by atoms with Gasteiger partial charge in [-0.3, -0.25) is 4.68 Å². The van der Waals surface area contributed by atoms with Crippen molar-refractivity contribution in [3.63, 3.8) is 0 Å². The second-order valence-corrected chi connectivity index (χ2v) is 5.44. The van der Waals surface area contributed by atoms with Crippen LogP contribution in [-0.4, -0.2) is 38.7 Å². The van der Waals surface area contributed by atoms with E-state index in [1.807, 2.05) is 0 Å². The summed E-state index contributed by atoms with van der Waals surface area (Å²) in [6.45, 7) is 3.79. The molecule has 1 fully saturated rings. The number of carboxylic acids is 1. The molecule has 0 amide bonds. The molecule has 0 radical (unpaired) electrons. The molecule has 0 aliphatic heterocycles. The summed E-state index contributed by atoms with van der Waals surface area (Å²) < 4.78 is 1.58. The lowest BCUT2D eigenvalue weighted by atomic mass is 10.0. The predicted octanol–water partition coefficient (Wildman–Crippen LogP) is 1.53. The lowest BCUT2D eigenvalue weighted by Crippen LogP contribution is -2.31. The van der Waals surface area contributed by atoms with E-state index in [4.69, 9.17) is 5.11 Å². The molecule has 1 aromatic heterocycles. The Morgan fingerprint density at radius 1 is 1.47 bits per heavy atom. The number of carboxylic acid groups (broad SMARTS) is 1. The average Bonchev–Trinajstić information content (AvgIpc) is 2.75. The third-order valence-electron chi connectivity index (χ3n) is 3.79. The molecule has 0 saturated heterocycles. The first-order valence-electron chi connectivity index (χ1n) is 7.02. The Hall–Kier alpha value is -1.43. The Morgan fingerprint density at radius 2 is 2.32 bits per heavy atom. The third-order valence-corrected chi connectivity index (χ3v) is 3.79. The van der Waals surface area contributed by atoms with E-state index in [0.717, 1.165) is 12.5 Å². The number of hydrogen-bond acceptors (Lipinski definition) is 4. The molecule has 106 valence electrons. The number of hydrogen-bond donors (Lipinski definition) is 2. The minimum Gasteiger partial charge on any atom is -0.476 e. The Morgan fingerprint density at radius 3 is 3.05 bits per heavy atom. The summed E-state index contributed by atoms with van der Waals surface area (Å²) in [5, 5.41) is 19.7. The first kappa shape index (κ1) is 14.0. The third kappa shape index (κ3) is 4.31. The van der Waals surface area contributed by atoms with Crippen LogP contribution in [0.4, 0.5) is 0 Å². The summed E-state index contributed by atoms with van der Waals surface area (Å²) in [6.07, 6.45) is 7.87. The fourth-order valence-corrected chi connectivity index (χ4v) is 2.58. The van der Waals surface area contributed by atoms with Crippen LogP contribution in [0.5, 0.6) is 0 Å². The van der Waals surface area contributed by atoms with Crippen molar-refractivity contribution in [2.75, 3.05) is 6.54 Å².